The summed E-state index contributed by atoms with van der Waals surface area (Å²) in [6.45, 7) is 6.92. The molecule has 3 fully saturated rings. The van der Waals surface area contributed by atoms with Crippen molar-refractivity contribution in [1.29, 1.82) is 0 Å². The van der Waals surface area contributed by atoms with Crippen molar-refractivity contribution in [3.05, 3.63) is 23.9 Å². The molecule has 1 saturated carbocycles. The van der Waals surface area contributed by atoms with Crippen LogP contribution in [0.4, 0.5) is 5.82 Å². The smallest absolute Gasteiger partial charge is 0.128 e. The van der Waals surface area contributed by atoms with Gasteiger partial charge in [0.15, 0.2) is 0 Å². The van der Waals surface area contributed by atoms with Crippen LogP contribution in [0.3, 0.4) is 0 Å². The molecule has 2 saturated heterocycles. The molecule has 3 heteroatoms. The number of anilines is 1. The van der Waals surface area contributed by atoms with E-state index in [-0.39, 0.29) is 5.41 Å². The summed E-state index contributed by atoms with van der Waals surface area (Å²) in [4.78, 5) is 6.82. The van der Waals surface area contributed by atoms with Crippen LogP contribution in [0.2, 0.25) is 0 Å². The first-order chi connectivity index (χ1) is 7.91. The van der Waals surface area contributed by atoms with Crippen molar-refractivity contribution in [2.45, 2.75) is 45.3 Å². The Hall–Kier alpha value is -1.09. The number of nitrogens with zero attached hydrogens (tertiary/aromatic N) is 2. The summed E-state index contributed by atoms with van der Waals surface area (Å²) in [7, 11) is 0. The molecule has 3 nitrogen and oxygen atoms in total. The minimum atomic E-state index is -0.581. The van der Waals surface area contributed by atoms with Crippen molar-refractivity contribution in [3.63, 3.8) is 0 Å². The molecule has 0 unspecified atom stereocenters. The summed E-state index contributed by atoms with van der Waals surface area (Å²) in [6, 6.07) is 4.74. The quantitative estimate of drug-likeness (QED) is 0.848. The van der Waals surface area contributed by atoms with Crippen LogP contribution in [0.15, 0.2) is 18.3 Å². The maximum absolute atomic E-state index is 10.3. The second-order valence-electron chi connectivity index (χ2n) is 6.22. The Bertz CT molecular complexity index is 444. The monoisotopic (exact) mass is 232 g/mol. The number of fused-ring (bicyclic) bond motifs is 1. The maximum atomic E-state index is 10.3. The highest BCUT2D eigenvalue weighted by molar-refractivity contribution is 5.47. The first-order valence-electron chi connectivity index (χ1n) is 6.33. The van der Waals surface area contributed by atoms with Crippen LogP contribution in [0, 0.1) is 12.3 Å². The molecule has 0 radical (unpaired) electrons. The lowest BCUT2D eigenvalue weighted by Gasteiger charge is -2.45. The zero-order valence-corrected chi connectivity index (χ0v) is 10.8. The van der Waals surface area contributed by atoms with Crippen LogP contribution >= 0.6 is 0 Å². The number of hydrogen-bond donors (Lipinski definition) is 1. The Kier molecular flexibility index (Phi) is 2.09. The number of hydrogen-bond acceptors (Lipinski definition) is 3. The molecule has 1 aromatic rings. The van der Waals surface area contributed by atoms with E-state index in [1.165, 1.54) is 5.56 Å². The lowest BCUT2D eigenvalue weighted by Crippen LogP contribution is -2.50. The molecule has 2 bridgehead atoms. The highest BCUT2D eigenvalue weighted by Crippen LogP contribution is 2.58. The number of pyridine rings is 1. The minimum absolute atomic E-state index is 0.0864. The molecule has 1 N–H and O–H groups in total. The maximum Gasteiger partial charge on any atom is 0.128 e. The van der Waals surface area contributed by atoms with E-state index in [0.717, 1.165) is 25.2 Å². The zero-order chi connectivity index (χ0) is 12.3. The van der Waals surface area contributed by atoms with Crippen LogP contribution in [0.5, 0.6) is 0 Å². The average Bonchev–Trinajstić information content (AvgIpc) is 2.70. The van der Waals surface area contributed by atoms with Crippen molar-refractivity contribution < 1.29 is 5.11 Å². The van der Waals surface area contributed by atoms with Crippen molar-refractivity contribution in [3.8, 4) is 0 Å². The van der Waals surface area contributed by atoms with E-state index in [0.29, 0.717) is 6.04 Å². The Morgan fingerprint density at radius 2 is 2.18 bits per heavy atom. The minimum Gasteiger partial charge on any atom is -0.390 e. The second-order valence-corrected chi connectivity index (χ2v) is 6.22. The molecule has 0 atom stereocenters. The van der Waals surface area contributed by atoms with Gasteiger partial charge in [0.1, 0.15) is 5.82 Å². The topological polar surface area (TPSA) is 36.4 Å². The third kappa shape index (κ3) is 1.48. The molecule has 3 aliphatic rings. The zero-order valence-electron chi connectivity index (χ0n) is 10.8. The van der Waals surface area contributed by atoms with Crippen LogP contribution in [-0.2, 0) is 0 Å². The number of aromatic nitrogens is 1. The summed E-state index contributed by atoms with van der Waals surface area (Å²) < 4.78 is 0. The van der Waals surface area contributed by atoms with Gasteiger partial charge in [-0.1, -0.05) is 0 Å². The lowest BCUT2D eigenvalue weighted by molar-refractivity contribution is -0.0754. The fourth-order valence-corrected chi connectivity index (χ4v) is 3.29. The Labute approximate surface area is 102 Å². The van der Waals surface area contributed by atoms with Gasteiger partial charge in [0.2, 0.25) is 0 Å². The summed E-state index contributed by atoms with van der Waals surface area (Å²) in [5.41, 5.74) is 0.752. The predicted octanol–water partition coefficient (Wildman–Crippen LogP) is 2.13. The van der Waals surface area contributed by atoms with Gasteiger partial charge in [-0.2, -0.15) is 0 Å². The largest absolute Gasteiger partial charge is 0.390 e. The highest BCUT2D eigenvalue weighted by Gasteiger charge is 2.61. The SMILES string of the molecule is Cc1ccnc(N2CC3(C(C)(C)O)CC2C3)c1. The van der Waals surface area contributed by atoms with E-state index < -0.39 is 5.60 Å². The molecular weight excluding hydrogens is 212 g/mol. The summed E-state index contributed by atoms with van der Waals surface area (Å²) in [6.07, 6.45) is 4.08. The molecule has 4 rings (SSSR count). The van der Waals surface area contributed by atoms with Gasteiger partial charge in [-0.3, -0.25) is 0 Å². The molecular formula is C14H20N2O. The number of aliphatic hydroxyl groups is 1. The normalized spacial score (nSPS) is 31.5. The third-order valence-corrected chi connectivity index (χ3v) is 4.66. The summed E-state index contributed by atoms with van der Waals surface area (Å²) in [5.74, 6) is 1.07. The van der Waals surface area contributed by atoms with Crippen LogP contribution in [0.1, 0.15) is 32.3 Å². The first kappa shape index (κ1) is 11.0. The molecule has 1 aliphatic carbocycles. The fraction of sp³-hybridized carbons (Fsp3) is 0.643. The van der Waals surface area contributed by atoms with Crippen molar-refractivity contribution in [2.75, 3.05) is 11.4 Å². The van der Waals surface area contributed by atoms with Gasteiger partial charge in [0, 0.05) is 24.2 Å². The number of rotatable bonds is 2. The van der Waals surface area contributed by atoms with Crippen LogP contribution < -0.4 is 4.90 Å². The molecule has 0 spiro atoms. The van der Waals surface area contributed by atoms with Crippen molar-refractivity contribution >= 4 is 5.82 Å². The van der Waals surface area contributed by atoms with Crippen molar-refractivity contribution in [1.82, 2.24) is 4.98 Å². The van der Waals surface area contributed by atoms with E-state index in [2.05, 4.69) is 22.9 Å². The van der Waals surface area contributed by atoms with E-state index in [1.807, 2.05) is 26.1 Å². The third-order valence-electron chi connectivity index (χ3n) is 4.66. The van der Waals surface area contributed by atoms with Gasteiger partial charge in [-0.15, -0.1) is 0 Å². The molecule has 2 aliphatic heterocycles. The molecule has 3 heterocycles. The van der Waals surface area contributed by atoms with Crippen molar-refractivity contribution in [2.24, 2.45) is 5.41 Å². The molecule has 92 valence electrons. The van der Waals surface area contributed by atoms with Gasteiger partial charge in [0.05, 0.1) is 5.60 Å². The Morgan fingerprint density at radius 1 is 1.47 bits per heavy atom. The number of aryl methyl sites for hydroxylation is 1. The molecule has 0 amide bonds. The van der Waals surface area contributed by atoms with E-state index in [9.17, 15) is 5.11 Å². The predicted molar refractivity (Wildman–Crippen MR) is 68.1 cm³/mol. The van der Waals surface area contributed by atoms with Gasteiger partial charge in [0.25, 0.3) is 0 Å². The molecule has 0 aromatic carbocycles. The van der Waals surface area contributed by atoms with E-state index in [1.54, 1.807) is 0 Å². The standard InChI is InChI=1S/C14H20N2O/c1-10-4-5-15-12(6-10)16-9-14(13(2,3)17)7-11(16)8-14/h4-6,11,17H,7-9H2,1-3H3. The van der Waals surface area contributed by atoms with Gasteiger partial charge in [-0.05, 0) is 51.3 Å². The lowest BCUT2D eigenvalue weighted by atomic mass is 9.61. The summed E-state index contributed by atoms with van der Waals surface area (Å²) in [5, 5.41) is 10.3. The highest BCUT2D eigenvalue weighted by atomic mass is 16.3. The van der Waals surface area contributed by atoms with Crippen LogP contribution in [-0.4, -0.2) is 28.3 Å². The van der Waals surface area contributed by atoms with Crippen LogP contribution in [0.25, 0.3) is 0 Å². The van der Waals surface area contributed by atoms with Gasteiger partial charge < -0.3 is 10.0 Å². The Balaban J connectivity index is 1.86. The summed E-state index contributed by atoms with van der Waals surface area (Å²) >= 11 is 0. The first-order valence-corrected chi connectivity index (χ1v) is 6.33. The van der Waals surface area contributed by atoms with E-state index in [4.69, 9.17) is 0 Å². The Morgan fingerprint density at radius 3 is 2.71 bits per heavy atom. The molecule has 1 aromatic heterocycles. The van der Waals surface area contributed by atoms with E-state index >= 15 is 0 Å². The second kappa shape index (κ2) is 3.22. The fourth-order valence-electron chi connectivity index (χ4n) is 3.29. The van der Waals surface area contributed by atoms with Gasteiger partial charge in [-0.25, -0.2) is 4.98 Å². The molecule has 17 heavy (non-hydrogen) atoms. The van der Waals surface area contributed by atoms with Gasteiger partial charge >= 0.3 is 0 Å². The average molecular weight is 232 g/mol.